The number of carbonyl (C=O) groups is 1. The molecule has 4 heteroatoms. The summed E-state index contributed by atoms with van der Waals surface area (Å²) >= 11 is 1.70. The van der Waals surface area contributed by atoms with Crippen molar-refractivity contribution >= 4 is 17.7 Å². The predicted octanol–water partition coefficient (Wildman–Crippen LogP) is -0.476. The fourth-order valence-corrected chi connectivity index (χ4v) is 1.85. The van der Waals surface area contributed by atoms with Crippen LogP contribution in [0.4, 0.5) is 0 Å². The van der Waals surface area contributed by atoms with Gasteiger partial charge in [0, 0.05) is 11.6 Å². The summed E-state index contributed by atoms with van der Waals surface area (Å²) in [4.78, 5) is 10.7. The molecule has 1 amide bonds. The maximum Gasteiger partial charge on any atom is 0.238 e. The van der Waals surface area contributed by atoms with Crippen molar-refractivity contribution in [2.75, 3.05) is 11.6 Å². The van der Waals surface area contributed by atoms with E-state index in [0.29, 0.717) is 0 Å². The maximum absolute atomic E-state index is 10.7. The van der Waals surface area contributed by atoms with Gasteiger partial charge in [0.1, 0.15) is 5.54 Å². The molecular formula is C5H10N2OS. The topological polar surface area (TPSA) is 55.1 Å². The molecular weight excluding hydrogens is 136 g/mol. The Morgan fingerprint density at radius 3 is 2.78 bits per heavy atom. The Bertz CT molecular complexity index is 131. The van der Waals surface area contributed by atoms with Crippen molar-refractivity contribution < 1.29 is 4.79 Å². The minimum atomic E-state index is -0.454. The highest BCUT2D eigenvalue weighted by atomic mass is 32.2. The molecule has 1 fully saturated rings. The molecule has 1 saturated heterocycles. The Balaban J connectivity index is 2.61. The molecule has 0 bridgehead atoms. The Kier molecular flexibility index (Phi) is 1.68. The molecule has 0 saturated carbocycles. The van der Waals surface area contributed by atoms with E-state index in [4.69, 9.17) is 5.73 Å². The first-order valence-electron chi connectivity index (χ1n) is 2.78. The molecule has 3 N–H and O–H groups in total. The highest BCUT2D eigenvalue weighted by molar-refractivity contribution is 7.99. The van der Waals surface area contributed by atoms with Crippen LogP contribution >= 0.6 is 11.8 Å². The van der Waals surface area contributed by atoms with Gasteiger partial charge in [0.05, 0.1) is 0 Å². The number of nitrogens with two attached hydrogens (primary N) is 1. The van der Waals surface area contributed by atoms with Crippen molar-refractivity contribution in [3.05, 3.63) is 0 Å². The molecule has 1 rings (SSSR count). The third-order valence-electron chi connectivity index (χ3n) is 1.50. The standard InChI is InChI=1S/C5H10N2OS/c1-5(4(6)8)2-9-3-7-5/h7H,2-3H2,1H3,(H2,6,8). The molecule has 1 aliphatic rings. The average molecular weight is 146 g/mol. The first-order valence-corrected chi connectivity index (χ1v) is 3.93. The second-order valence-electron chi connectivity index (χ2n) is 2.37. The van der Waals surface area contributed by atoms with E-state index in [1.54, 1.807) is 11.8 Å². The van der Waals surface area contributed by atoms with Crippen LogP contribution in [0.1, 0.15) is 6.92 Å². The number of amides is 1. The second-order valence-corrected chi connectivity index (χ2v) is 3.35. The van der Waals surface area contributed by atoms with Gasteiger partial charge in [-0.25, -0.2) is 0 Å². The number of rotatable bonds is 1. The molecule has 0 aliphatic carbocycles. The molecule has 0 aromatic heterocycles. The molecule has 0 aromatic rings. The number of thioether (sulfide) groups is 1. The van der Waals surface area contributed by atoms with Crippen LogP contribution in [0.2, 0.25) is 0 Å². The second kappa shape index (κ2) is 2.19. The molecule has 0 aromatic carbocycles. The van der Waals surface area contributed by atoms with Gasteiger partial charge in [0.25, 0.3) is 0 Å². The van der Waals surface area contributed by atoms with E-state index in [1.807, 2.05) is 6.92 Å². The first kappa shape index (κ1) is 6.89. The predicted molar refractivity (Wildman–Crippen MR) is 38.1 cm³/mol. The van der Waals surface area contributed by atoms with Crippen LogP contribution in [-0.2, 0) is 4.79 Å². The summed E-state index contributed by atoms with van der Waals surface area (Å²) in [6.45, 7) is 1.83. The lowest BCUT2D eigenvalue weighted by Gasteiger charge is -2.17. The summed E-state index contributed by atoms with van der Waals surface area (Å²) in [5.74, 6) is 1.37. The van der Waals surface area contributed by atoms with Crippen LogP contribution in [0.15, 0.2) is 0 Å². The minimum absolute atomic E-state index is 0.257. The third kappa shape index (κ3) is 1.19. The van der Waals surface area contributed by atoms with Crippen LogP contribution in [0.3, 0.4) is 0 Å². The highest BCUT2D eigenvalue weighted by Crippen LogP contribution is 2.19. The molecule has 3 nitrogen and oxygen atoms in total. The summed E-state index contributed by atoms with van der Waals surface area (Å²) < 4.78 is 0. The monoisotopic (exact) mass is 146 g/mol. The summed E-state index contributed by atoms with van der Waals surface area (Å²) in [5, 5.41) is 3.02. The van der Waals surface area contributed by atoms with E-state index in [9.17, 15) is 4.79 Å². The molecule has 0 radical (unpaired) electrons. The largest absolute Gasteiger partial charge is 0.368 e. The van der Waals surface area contributed by atoms with Crippen LogP contribution in [0.5, 0.6) is 0 Å². The van der Waals surface area contributed by atoms with Crippen LogP contribution in [0.25, 0.3) is 0 Å². The number of nitrogens with one attached hydrogen (secondary N) is 1. The fourth-order valence-electron chi connectivity index (χ4n) is 0.675. The zero-order valence-corrected chi connectivity index (χ0v) is 6.12. The van der Waals surface area contributed by atoms with Crippen LogP contribution in [-0.4, -0.2) is 23.1 Å². The van der Waals surface area contributed by atoms with Gasteiger partial charge >= 0.3 is 0 Å². The lowest BCUT2D eigenvalue weighted by atomic mass is 10.1. The summed E-state index contributed by atoms with van der Waals surface area (Å²) in [5.41, 5.74) is 4.66. The van der Waals surface area contributed by atoms with E-state index < -0.39 is 5.54 Å². The number of primary amides is 1. The smallest absolute Gasteiger partial charge is 0.238 e. The van der Waals surface area contributed by atoms with E-state index in [0.717, 1.165) is 11.6 Å². The summed E-state index contributed by atoms with van der Waals surface area (Å²) in [7, 11) is 0. The number of carbonyl (C=O) groups excluding carboxylic acids is 1. The molecule has 0 spiro atoms. The molecule has 1 atom stereocenters. The average Bonchev–Trinajstić information content (AvgIpc) is 2.16. The molecule has 52 valence electrons. The molecule has 1 heterocycles. The van der Waals surface area contributed by atoms with Gasteiger partial charge in [-0.3, -0.25) is 10.1 Å². The Morgan fingerprint density at radius 1 is 1.89 bits per heavy atom. The van der Waals surface area contributed by atoms with Gasteiger partial charge in [-0.15, -0.1) is 11.8 Å². The highest BCUT2D eigenvalue weighted by Gasteiger charge is 2.34. The lowest BCUT2D eigenvalue weighted by Crippen LogP contribution is -2.50. The first-order chi connectivity index (χ1) is 4.15. The Labute approximate surface area is 58.4 Å². The minimum Gasteiger partial charge on any atom is -0.368 e. The van der Waals surface area contributed by atoms with Crippen molar-refractivity contribution in [2.45, 2.75) is 12.5 Å². The van der Waals surface area contributed by atoms with Gasteiger partial charge in [-0.1, -0.05) is 0 Å². The zero-order chi connectivity index (χ0) is 6.91. The van der Waals surface area contributed by atoms with Crippen molar-refractivity contribution in [1.29, 1.82) is 0 Å². The normalized spacial score (nSPS) is 34.8. The SMILES string of the molecule is CC1(C(N)=O)CSCN1. The van der Waals surface area contributed by atoms with E-state index >= 15 is 0 Å². The van der Waals surface area contributed by atoms with E-state index in [1.165, 1.54) is 0 Å². The van der Waals surface area contributed by atoms with Gasteiger partial charge in [0.15, 0.2) is 0 Å². The van der Waals surface area contributed by atoms with Gasteiger partial charge in [-0.05, 0) is 6.92 Å². The Hall–Kier alpha value is -0.220. The third-order valence-corrected chi connectivity index (χ3v) is 2.63. The maximum atomic E-state index is 10.7. The van der Waals surface area contributed by atoms with E-state index in [2.05, 4.69) is 5.32 Å². The number of hydrogen-bond donors (Lipinski definition) is 2. The summed E-state index contributed by atoms with van der Waals surface area (Å²) in [6.07, 6.45) is 0. The summed E-state index contributed by atoms with van der Waals surface area (Å²) in [6, 6.07) is 0. The van der Waals surface area contributed by atoms with Gasteiger partial charge in [0.2, 0.25) is 5.91 Å². The van der Waals surface area contributed by atoms with Crippen molar-refractivity contribution in [2.24, 2.45) is 5.73 Å². The van der Waals surface area contributed by atoms with Crippen molar-refractivity contribution in [3.8, 4) is 0 Å². The zero-order valence-electron chi connectivity index (χ0n) is 5.31. The molecule has 1 aliphatic heterocycles. The van der Waals surface area contributed by atoms with Gasteiger partial charge < -0.3 is 5.73 Å². The van der Waals surface area contributed by atoms with Crippen molar-refractivity contribution in [1.82, 2.24) is 5.32 Å². The van der Waals surface area contributed by atoms with Crippen LogP contribution in [0, 0.1) is 0 Å². The molecule has 9 heavy (non-hydrogen) atoms. The lowest BCUT2D eigenvalue weighted by molar-refractivity contribution is -0.122. The quantitative estimate of drug-likeness (QED) is 0.525. The van der Waals surface area contributed by atoms with Crippen molar-refractivity contribution in [3.63, 3.8) is 0 Å². The van der Waals surface area contributed by atoms with Gasteiger partial charge in [-0.2, -0.15) is 0 Å². The molecule has 1 unspecified atom stereocenters. The van der Waals surface area contributed by atoms with E-state index in [-0.39, 0.29) is 5.91 Å². The Morgan fingerprint density at radius 2 is 2.56 bits per heavy atom. The number of hydrogen-bond acceptors (Lipinski definition) is 3. The van der Waals surface area contributed by atoms with Crippen LogP contribution < -0.4 is 11.1 Å². The fraction of sp³-hybridized carbons (Fsp3) is 0.800.